The maximum atomic E-state index is 12.8. The van der Waals surface area contributed by atoms with Crippen molar-refractivity contribution in [2.45, 2.75) is 33.6 Å². The van der Waals surface area contributed by atoms with Gasteiger partial charge in [0.05, 0.1) is 0 Å². The van der Waals surface area contributed by atoms with E-state index in [1.54, 1.807) is 29.2 Å². The van der Waals surface area contributed by atoms with Gasteiger partial charge >= 0.3 is 5.97 Å². The Kier molecular flexibility index (Phi) is 7.87. The zero-order valence-corrected chi connectivity index (χ0v) is 18.8. The van der Waals surface area contributed by atoms with Crippen LogP contribution in [0.3, 0.4) is 0 Å². The molecule has 1 heterocycles. The molecule has 0 atom stereocenters. The van der Waals surface area contributed by atoms with Gasteiger partial charge in [-0.3, -0.25) is 14.4 Å². The minimum Gasteiger partial charge on any atom is -0.483 e. The van der Waals surface area contributed by atoms with Gasteiger partial charge in [0.25, 0.3) is 11.8 Å². The summed E-state index contributed by atoms with van der Waals surface area (Å²) in [4.78, 5) is 37.9. The summed E-state index contributed by atoms with van der Waals surface area (Å²) < 4.78 is 10.7. The normalized spacial score (nSPS) is 14.0. The van der Waals surface area contributed by atoms with Gasteiger partial charge < -0.3 is 19.7 Å². The molecule has 7 heteroatoms. The van der Waals surface area contributed by atoms with Crippen molar-refractivity contribution in [2.75, 3.05) is 26.2 Å². The highest BCUT2D eigenvalue weighted by molar-refractivity contribution is 5.94. The number of amides is 2. The molecule has 1 aliphatic rings. The topological polar surface area (TPSA) is 84.9 Å². The zero-order valence-electron chi connectivity index (χ0n) is 18.8. The first kappa shape index (κ1) is 23.3. The van der Waals surface area contributed by atoms with Crippen LogP contribution < -0.4 is 14.8 Å². The standard InChI is InChI=1S/C25H30N2O5/c1-17-6-4-9-23(18(17)2)31-16-24(29)26-15-20-10-12-27(13-11-20)25(30)21-7-5-8-22(14-21)32-19(3)28/h4-9,14,20H,10-13,15-16H2,1-3H3,(H,26,29). The van der Waals surface area contributed by atoms with Crippen molar-refractivity contribution >= 4 is 17.8 Å². The number of carbonyl (C=O) groups excluding carboxylic acids is 3. The number of piperidine rings is 1. The molecule has 1 fully saturated rings. The number of ether oxygens (including phenoxy) is 2. The third-order valence-corrected chi connectivity index (χ3v) is 5.75. The van der Waals surface area contributed by atoms with Crippen LogP contribution in [0.4, 0.5) is 0 Å². The summed E-state index contributed by atoms with van der Waals surface area (Å²) in [5.74, 6) is 0.761. The number of carbonyl (C=O) groups is 3. The fourth-order valence-corrected chi connectivity index (χ4v) is 3.71. The van der Waals surface area contributed by atoms with E-state index >= 15 is 0 Å². The average molecular weight is 439 g/mol. The van der Waals surface area contributed by atoms with Crippen molar-refractivity contribution in [1.29, 1.82) is 0 Å². The number of esters is 1. The molecule has 170 valence electrons. The second kappa shape index (κ2) is 10.8. The average Bonchev–Trinajstić information content (AvgIpc) is 2.78. The predicted molar refractivity (Wildman–Crippen MR) is 121 cm³/mol. The molecule has 3 rings (SSSR count). The number of benzene rings is 2. The summed E-state index contributed by atoms with van der Waals surface area (Å²) in [7, 11) is 0. The van der Waals surface area contributed by atoms with E-state index in [2.05, 4.69) is 5.32 Å². The van der Waals surface area contributed by atoms with Crippen molar-refractivity contribution in [3.63, 3.8) is 0 Å². The van der Waals surface area contributed by atoms with Crippen LogP contribution in [0.15, 0.2) is 42.5 Å². The Morgan fingerprint density at radius 2 is 1.78 bits per heavy atom. The molecule has 2 aromatic carbocycles. The lowest BCUT2D eigenvalue weighted by atomic mass is 9.96. The van der Waals surface area contributed by atoms with E-state index < -0.39 is 5.97 Å². The van der Waals surface area contributed by atoms with Crippen LogP contribution in [0.2, 0.25) is 0 Å². The van der Waals surface area contributed by atoms with Gasteiger partial charge in [-0.25, -0.2) is 0 Å². The molecule has 0 radical (unpaired) electrons. The molecule has 0 spiro atoms. The third-order valence-electron chi connectivity index (χ3n) is 5.75. The monoisotopic (exact) mass is 438 g/mol. The van der Waals surface area contributed by atoms with Gasteiger partial charge in [-0.1, -0.05) is 18.2 Å². The first-order valence-corrected chi connectivity index (χ1v) is 10.9. The van der Waals surface area contributed by atoms with Gasteiger partial charge in [0.15, 0.2) is 6.61 Å². The van der Waals surface area contributed by atoms with Gasteiger partial charge in [0.1, 0.15) is 11.5 Å². The van der Waals surface area contributed by atoms with E-state index in [1.165, 1.54) is 6.92 Å². The molecule has 1 aliphatic heterocycles. The lowest BCUT2D eigenvalue weighted by Crippen LogP contribution is -2.42. The van der Waals surface area contributed by atoms with Gasteiger partial charge in [0, 0.05) is 32.1 Å². The minimum atomic E-state index is -0.420. The van der Waals surface area contributed by atoms with Crippen LogP contribution in [0.25, 0.3) is 0 Å². The van der Waals surface area contributed by atoms with Crippen molar-refractivity contribution in [1.82, 2.24) is 10.2 Å². The highest BCUT2D eigenvalue weighted by atomic mass is 16.5. The summed E-state index contributed by atoms with van der Waals surface area (Å²) in [5, 5.41) is 2.94. The molecular formula is C25H30N2O5. The molecule has 0 saturated carbocycles. The van der Waals surface area contributed by atoms with Gasteiger partial charge in [-0.05, 0) is 68.0 Å². The fourth-order valence-electron chi connectivity index (χ4n) is 3.71. The first-order valence-electron chi connectivity index (χ1n) is 10.9. The van der Waals surface area contributed by atoms with Crippen molar-refractivity contribution in [3.8, 4) is 11.5 Å². The maximum absolute atomic E-state index is 12.8. The molecule has 2 amide bonds. The van der Waals surface area contributed by atoms with E-state index in [1.807, 2.05) is 32.0 Å². The Bertz CT molecular complexity index is 980. The van der Waals surface area contributed by atoms with Gasteiger partial charge in [-0.2, -0.15) is 0 Å². The fraction of sp³-hybridized carbons (Fsp3) is 0.400. The largest absolute Gasteiger partial charge is 0.483 e. The molecule has 0 bridgehead atoms. The minimum absolute atomic E-state index is 0.0136. The van der Waals surface area contributed by atoms with Crippen LogP contribution in [0, 0.1) is 19.8 Å². The Hall–Kier alpha value is -3.35. The number of hydrogen-bond donors (Lipinski definition) is 1. The highest BCUT2D eigenvalue weighted by Gasteiger charge is 2.24. The number of likely N-dealkylation sites (tertiary alicyclic amines) is 1. The number of rotatable bonds is 7. The number of nitrogens with zero attached hydrogens (tertiary/aromatic N) is 1. The SMILES string of the molecule is CC(=O)Oc1cccc(C(=O)N2CCC(CNC(=O)COc3cccc(C)c3C)CC2)c1. The van der Waals surface area contributed by atoms with Gasteiger partial charge in [0.2, 0.25) is 0 Å². The van der Waals surface area contributed by atoms with E-state index in [4.69, 9.17) is 9.47 Å². The summed E-state index contributed by atoms with van der Waals surface area (Å²) in [5.41, 5.74) is 2.66. The van der Waals surface area contributed by atoms with Crippen molar-refractivity contribution in [3.05, 3.63) is 59.2 Å². The van der Waals surface area contributed by atoms with Gasteiger partial charge in [-0.15, -0.1) is 0 Å². The summed E-state index contributed by atoms with van der Waals surface area (Å²) >= 11 is 0. The van der Waals surface area contributed by atoms with E-state index in [0.29, 0.717) is 36.9 Å². The molecule has 2 aromatic rings. The van der Waals surface area contributed by atoms with E-state index in [9.17, 15) is 14.4 Å². The summed E-state index contributed by atoms with van der Waals surface area (Å²) in [6.07, 6.45) is 1.63. The second-order valence-electron chi connectivity index (χ2n) is 8.15. The van der Waals surface area contributed by atoms with Crippen molar-refractivity contribution in [2.24, 2.45) is 5.92 Å². The highest BCUT2D eigenvalue weighted by Crippen LogP contribution is 2.22. The van der Waals surface area contributed by atoms with E-state index in [-0.39, 0.29) is 18.4 Å². The van der Waals surface area contributed by atoms with Crippen LogP contribution >= 0.6 is 0 Å². The maximum Gasteiger partial charge on any atom is 0.308 e. The molecule has 0 aromatic heterocycles. The molecule has 32 heavy (non-hydrogen) atoms. The molecular weight excluding hydrogens is 408 g/mol. The third kappa shape index (κ3) is 6.33. The Morgan fingerprint density at radius 3 is 2.50 bits per heavy atom. The lowest BCUT2D eigenvalue weighted by molar-refractivity contribution is -0.131. The smallest absolute Gasteiger partial charge is 0.308 e. The first-order chi connectivity index (χ1) is 15.3. The molecule has 0 unspecified atom stereocenters. The zero-order chi connectivity index (χ0) is 23.1. The predicted octanol–water partition coefficient (Wildman–Crippen LogP) is 3.28. The van der Waals surface area contributed by atoms with Crippen LogP contribution in [0.5, 0.6) is 11.5 Å². The van der Waals surface area contributed by atoms with Crippen LogP contribution in [-0.2, 0) is 9.59 Å². The van der Waals surface area contributed by atoms with Crippen LogP contribution in [-0.4, -0.2) is 48.9 Å². The number of aryl methyl sites for hydroxylation is 1. The second-order valence-corrected chi connectivity index (χ2v) is 8.15. The quantitative estimate of drug-likeness (QED) is 0.530. The number of hydrogen-bond acceptors (Lipinski definition) is 5. The molecule has 1 N–H and O–H groups in total. The number of nitrogens with one attached hydrogen (secondary N) is 1. The summed E-state index contributed by atoms with van der Waals surface area (Å²) in [6.45, 7) is 7.11. The lowest BCUT2D eigenvalue weighted by Gasteiger charge is -2.32. The Labute approximate surface area is 188 Å². The van der Waals surface area contributed by atoms with Crippen LogP contribution in [0.1, 0.15) is 41.3 Å². The van der Waals surface area contributed by atoms with Crippen molar-refractivity contribution < 1.29 is 23.9 Å². The summed E-state index contributed by atoms with van der Waals surface area (Å²) in [6, 6.07) is 12.5. The molecule has 7 nitrogen and oxygen atoms in total. The molecule has 1 saturated heterocycles. The Morgan fingerprint density at radius 1 is 1.06 bits per heavy atom. The Balaban J connectivity index is 1.42. The molecule has 0 aliphatic carbocycles. The van der Waals surface area contributed by atoms with E-state index in [0.717, 1.165) is 29.7 Å².